The summed E-state index contributed by atoms with van der Waals surface area (Å²) in [6.45, 7) is 1.06. The lowest BCUT2D eigenvalue weighted by molar-refractivity contribution is -0.137. The zero-order valence-corrected chi connectivity index (χ0v) is 17.7. The first-order valence-corrected chi connectivity index (χ1v) is 10.2. The molecule has 0 atom stereocenters. The van der Waals surface area contributed by atoms with Gasteiger partial charge in [-0.2, -0.15) is 18.3 Å². The van der Waals surface area contributed by atoms with Crippen molar-refractivity contribution >= 4 is 11.8 Å². The summed E-state index contributed by atoms with van der Waals surface area (Å²) in [6, 6.07) is 13.4. The van der Waals surface area contributed by atoms with Crippen LogP contribution in [0.25, 0.3) is 5.69 Å². The summed E-state index contributed by atoms with van der Waals surface area (Å²) in [7, 11) is 1.46. The third-order valence-electron chi connectivity index (χ3n) is 5.44. The van der Waals surface area contributed by atoms with Crippen LogP contribution >= 0.6 is 0 Å². The van der Waals surface area contributed by atoms with Crippen LogP contribution in [0.2, 0.25) is 0 Å². The van der Waals surface area contributed by atoms with Crippen LogP contribution in [0, 0.1) is 0 Å². The van der Waals surface area contributed by atoms with Gasteiger partial charge in [0.05, 0.1) is 24.6 Å². The SMILES string of the molecule is COc1cn(-c2ccccc2)nc1C(=O)N1CCN(C(=O)c2ccc(C(F)(F)F)cc2)CC1. The maximum atomic E-state index is 13.1. The number of aromatic nitrogens is 2. The van der Waals surface area contributed by atoms with E-state index in [2.05, 4.69) is 5.10 Å². The van der Waals surface area contributed by atoms with Crippen LogP contribution in [0.5, 0.6) is 5.75 Å². The van der Waals surface area contributed by atoms with Gasteiger partial charge in [0.1, 0.15) is 0 Å². The average Bonchev–Trinajstić information content (AvgIpc) is 3.28. The number of amides is 2. The Hall–Kier alpha value is -3.82. The first-order valence-electron chi connectivity index (χ1n) is 10.2. The number of carbonyl (C=O) groups is 2. The van der Waals surface area contributed by atoms with Gasteiger partial charge in [-0.15, -0.1) is 0 Å². The Morgan fingerprint density at radius 1 is 0.879 bits per heavy atom. The molecule has 10 heteroatoms. The van der Waals surface area contributed by atoms with Gasteiger partial charge in [-0.25, -0.2) is 4.68 Å². The molecule has 2 heterocycles. The number of piperazine rings is 1. The third-order valence-corrected chi connectivity index (χ3v) is 5.44. The molecule has 0 aliphatic carbocycles. The standard InChI is InChI=1S/C23H21F3N4O3/c1-33-19-15-30(18-5-3-2-4-6-18)27-20(19)22(32)29-13-11-28(12-14-29)21(31)16-7-9-17(10-8-16)23(24,25)26/h2-10,15H,11-14H2,1H3. The van der Waals surface area contributed by atoms with E-state index in [-0.39, 0.29) is 49.3 Å². The summed E-state index contributed by atoms with van der Waals surface area (Å²) < 4.78 is 45.1. The monoisotopic (exact) mass is 458 g/mol. The highest BCUT2D eigenvalue weighted by molar-refractivity contribution is 5.96. The van der Waals surface area contributed by atoms with Crippen molar-refractivity contribution in [3.05, 3.63) is 77.6 Å². The Kier molecular flexibility index (Phi) is 6.08. The highest BCUT2D eigenvalue weighted by atomic mass is 19.4. The minimum absolute atomic E-state index is 0.170. The number of methoxy groups -OCH3 is 1. The smallest absolute Gasteiger partial charge is 0.416 e. The van der Waals surface area contributed by atoms with Gasteiger partial charge in [-0.3, -0.25) is 9.59 Å². The van der Waals surface area contributed by atoms with Crippen LogP contribution < -0.4 is 4.74 Å². The predicted molar refractivity (Wildman–Crippen MR) is 113 cm³/mol. The van der Waals surface area contributed by atoms with E-state index in [4.69, 9.17) is 4.74 Å². The Bertz CT molecular complexity index is 1140. The molecule has 1 saturated heterocycles. The van der Waals surface area contributed by atoms with Gasteiger partial charge in [0.2, 0.25) is 0 Å². The molecule has 33 heavy (non-hydrogen) atoms. The molecular formula is C23H21F3N4O3. The first kappa shape index (κ1) is 22.4. The molecule has 0 radical (unpaired) electrons. The van der Waals surface area contributed by atoms with Crippen LogP contribution in [0.15, 0.2) is 60.8 Å². The lowest BCUT2D eigenvalue weighted by Gasteiger charge is -2.34. The zero-order chi connectivity index (χ0) is 23.6. The number of benzene rings is 2. The van der Waals surface area contributed by atoms with Crippen LogP contribution in [-0.2, 0) is 6.18 Å². The molecule has 0 saturated carbocycles. The molecule has 4 rings (SSSR count). The van der Waals surface area contributed by atoms with Crippen molar-refractivity contribution in [1.29, 1.82) is 0 Å². The highest BCUT2D eigenvalue weighted by Gasteiger charge is 2.32. The number of rotatable bonds is 4. The van der Waals surface area contributed by atoms with Crippen LogP contribution in [0.3, 0.4) is 0 Å². The van der Waals surface area contributed by atoms with Crippen molar-refractivity contribution in [3.8, 4) is 11.4 Å². The Morgan fingerprint density at radius 2 is 1.45 bits per heavy atom. The average molecular weight is 458 g/mol. The summed E-state index contributed by atoms with van der Waals surface area (Å²) in [5.74, 6) is -0.350. The number of carbonyl (C=O) groups excluding carboxylic acids is 2. The largest absolute Gasteiger partial charge is 0.493 e. The summed E-state index contributed by atoms with van der Waals surface area (Å²) in [4.78, 5) is 28.8. The van der Waals surface area contributed by atoms with Crippen molar-refractivity contribution in [2.75, 3.05) is 33.3 Å². The molecule has 0 bridgehead atoms. The Balaban J connectivity index is 1.42. The van der Waals surface area contributed by atoms with E-state index in [1.807, 2.05) is 30.3 Å². The number of para-hydroxylation sites is 1. The maximum absolute atomic E-state index is 13.1. The molecule has 3 aromatic rings. The van der Waals surface area contributed by atoms with Crippen molar-refractivity contribution in [2.45, 2.75) is 6.18 Å². The van der Waals surface area contributed by atoms with Gasteiger partial charge in [0, 0.05) is 31.7 Å². The summed E-state index contributed by atoms with van der Waals surface area (Å²) in [5, 5.41) is 4.38. The van der Waals surface area contributed by atoms with E-state index in [0.717, 1.165) is 17.8 Å². The van der Waals surface area contributed by atoms with Crippen molar-refractivity contribution in [3.63, 3.8) is 0 Å². The van der Waals surface area contributed by atoms with E-state index in [1.165, 1.54) is 24.1 Å². The fourth-order valence-electron chi connectivity index (χ4n) is 3.62. The van der Waals surface area contributed by atoms with Crippen LogP contribution in [0.1, 0.15) is 26.4 Å². The number of hydrogen-bond acceptors (Lipinski definition) is 4. The van der Waals surface area contributed by atoms with E-state index < -0.39 is 11.7 Å². The van der Waals surface area contributed by atoms with Crippen molar-refractivity contribution < 1.29 is 27.5 Å². The normalized spacial score (nSPS) is 14.3. The molecule has 0 spiro atoms. The lowest BCUT2D eigenvalue weighted by atomic mass is 10.1. The fourth-order valence-corrected chi connectivity index (χ4v) is 3.62. The minimum atomic E-state index is -4.46. The van der Waals surface area contributed by atoms with E-state index in [1.54, 1.807) is 15.8 Å². The third kappa shape index (κ3) is 4.69. The second-order valence-corrected chi connectivity index (χ2v) is 7.49. The van der Waals surface area contributed by atoms with Gasteiger partial charge >= 0.3 is 6.18 Å². The maximum Gasteiger partial charge on any atom is 0.416 e. The molecular weight excluding hydrogens is 437 g/mol. The van der Waals surface area contributed by atoms with Crippen LogP contribution in [0.4, 0.5) is 13.2 Å². The predicted octanol–water partition coefficient (Wildman–Crippen LogP) is 3.50. The minimum Gasteiger partial charge on any atom is -0.493 e. The number of nitrogens with zero attached hydrogens (tertiary/aromatic N) is 4. The molecule has 1 aliphatic heterocycles. The molecule has 172 valence electrons. The Labute approximate surface area is 188 Å². The van der Waals surface area contributed by atoms with Gasteiger partial charge in [0.15, 0.2) is 11.4 Å². The number of alkyl halides is 3. The molecule has 1 aromatic heterocycles. The molecule has 1 aliphatic rings. The fraction of sp³-hybridized carbons (Fsp3) is 0.261. The van der Waals surface area contributed by atoms with E-state index >= 15 is 0 Å². The van der Waals surface area contributed by atoms with Crippen molar-refractivity contribution in [1.82, 2.24) is 19.6 Å². The number of hydrogen-bond donors (Lipinski definition) is 0. The van der Waals surface area contributed by atoms with E-state index in [0.29, 0.717) is 5.75 Å². The molecule has 2 amide bonds. The first-order chi connectivity index (χ1) is 15.8. The highest BCUT2D eigenvalue weighted by Crippen LogP contribution is 2.29. The second-order valence-electron chi connectivity index (χ2n) is 7.49. The van der Waals surface area contributed by atoms with Gasteiger partial charge in [0.25, 0.3) is 11.8 Å². The summed E-state index contributed by atoms with van der Waals surface area (Å²) >= 11 is 0. The zero-order valence-electron chi connectivity index (χ0n) is 17.7. The molecule has 1 fully saturated rings. The molecule has 2 aromatic carbocycles. The molecule has 0 N–H and O–H groups in total. The second kappa shape index (κ2) is 8.97. The lowest BCUT2D eigenvalue weighted by Crippen LogP contribution is -2.50. The van der Waals surface area contributed by atoms with Crippen molar-refractivity contribution in [2.24, 2.45) is 0 Å². The van der Waals surface area contributed by atoms with Gasteiger partial charge in [-0.1, -0.05) is 18.2 Å². The molecule has 0 unspecified atom stereocenters. The van der Waals surface area contributed by atoms with E-state index in [9.17, 15) is 22.8 Å². The number of halogens is 3. The van der Waals surface area contributed by atoms with Gasteiger partial charge < -0.3 is 14.5 Å². The van der Waals surface area contributed by atoms with Crippen LogP contribution in [-0.4, -0.2) is 64.7 Å². The van der Waals surface area contributed by atoms with Gasteiger partial charge in [-0.05, 0) is 36.4 Å². The summed E-state index contributed by atoms with van der Waals surface area (Å²) in [6.07, 6.45) is -2.82. The number of ether oxygens (including phenoxy) is 1. The topological polar surface area (TPSA) is 67.7 Å². The summed E-state index contributed by atoms with van der Waals surface area (Å²) in [5.41, 5.74) is 0.315. The molecule has 7 nitrogen and oxygen atoms in total. The Morgan fingerprint density at radius 3 is 2.00 bits per heavy atom. The quantitative estimate of drug-likeness (QED) is 0.600.